The Balaban J connectivity index is 1.70. The van der Waals surface area contributed by atoms with Gasteiger partial charge in [-0.05, 0) is 33.8 Å². The van der Waals surface area contributed by atoms with E-state index in [1.165, 1.54) is 0 Å². The molecule has 2 saturated heterocycles. The molecule has 2 fully saturated rings. The van der Waals surface area contributed by atoms with E-state index in [0.717, 1.165) is 10.4 Å². The third-order valence-electron chi connectivity index (χ3n) is 5.07. The van der Waals surface area contributed by atoms with Crippen LogP contribution in [0.3, 0.4) is 0 Å². The predicted molar refractivity (Wildman–Crippen MR) is 91.9 cm³/mol. The van der Waals surface area contributed by atoms with E-state index in [9.17, 15) is 9.59 Å². The number of piperazine rings is 1. The van der Waals surface area contributed by atoms with Gasteiger partial charge in [-0.25, -0.2) is 14.7 Å². The molecule has 2 amide bonds. The number of aromatic nitrogens is 1. The fourth-order valence-corrected chi connectivity index (χ4v) is 2.77. The summed E-state index contributed by atoms with van der Waals surface area (Å²) in [7, 11) is -0.489. The van der Waals surface area contributed by atoms with Gasteiger partial charge >= 0.3 is 13.2 Å². The van der Waals surface area contributed by atoms with Gasteiger partial charge in [0.15, 0.2) is 0 Å². The lowest BCUT2D eigenvalue weighted by Crippen LogP contribution is -2.52. The number of hydrogen-bond acceptors (Lipinski definition) is 6. The number of carbonyl (C=O) groups excluding carboxylic acids is 1. The maximum absolute atomic E-state index is 11.9. The van der Waals surface area contributed by atoms with Crippen LogP contribution in [0.4, 0.5) is 10.6 Å². The van der Waals surface area contributed by atoms with Crippen molar-refractivity contribution in [3.8, 4) is 0 Å². The second-order valence-corrected chi connectivity index (χ2v) is 7.29. The van der Waals surface area contributed by atoms with Gasteiger partial charge in [0, 0.05) is 24.7 Å². The summed E-state index contributed by atoms with van der Waals surface area (Å²) in [4.78, 5) is 29.8. The van der Waals surface area contributed by atoms with Crippen LogP contribution >= 0.6 is 0 Å². The minimum absolute atomic E-state index is 0.00482. The molecule has 0 unspecified atom stereocenters. The molecule has 1 aromatic rings. The number of hydrogen-bond donors (Lipinski definition) is 1. The Morgan fingerprint density at radius 2 is 1.84 bits per heavy atom. The van der Waals surface area contributed by atoms with Crippen LogP contribution in [0.15, 0.2) is 18.3 Å². The molecule has 8 nitrogen and oxygen atoms in total. The normalized spacial score (nSPS) is 22.4. The van der Waals surface area contributed by atoms with E-state index in [0.29, 0.717) is 12.4 Å². The van der Waals surface area contributed by atoms with Crippen LogP contribution in [-0.4, -0.2) is 64.9 Å². The first-order valence-electron chi connectivity index (χ1n) is 8.20. The number of pyridine rings is 1. The van der Waals surface area contributed by atoms with Crippen molar-refractivity contribution >= 4 is 30.4 Å². The van der Waals surface area contributed by atoms with Crippen LogP contribution in [-0.2, 0) is 14.1 Å². The standard InChI is InChI=1S/C16H22BN3O5/c1-15(2)16(3,4)25-17(24-15)11-5-6-12(18-9-11)19-7-8-20(14(22)23)13(21)10-19/h5-6,9H,7-8,10H2,1-4H3,(H,22,23). The molecule has 3 heterocycles. The predicted octanol–water partition coefficient (Wildman–Crippen LogP) is 0.707. The molecular weight excluding hydrogens is 325 g/mol. The fraction of sp³-hybridized carbons (Fsp3) is 0.562. The van der Waals surface area contributed by atoms with E-state index in [1.54, 1.807) is 17.2 Å². The highest BCUT2D eigenvalue weighted by Gasteiger charge is 2.51. The van der Waals surface area contributed by atoms with Gasteiger partial charge in [0.05, 0.1) is 17.7 Å². The van der Waals surface area contributed by atoms with E-state index < -0.39 is 30.3 Å². The molecular formula is C16H22BN3O5. The van der Waals surface area contributed by atoms with E-state index in [-0.39, 0.29) is 13.1 Å². The number of rotatable bonds is 2. The molecule has 134 valence electrons. The summed E-state index contributed by atoms with van der Waals surface area (Å²) in [5.41, 5.74) is -0.0378. The van der Waals surface area contributed by atoms with Crippen LogP contribution in [0.25, 0.3) is 0 Å². The number of anilines is 1. The van der Waals surface area contributed by atoms with Crippen LogP contribution in [0.5, 0.6) is 0 Å². The highest BCUT2D eigenvalue weighted by molar-refractivity contribution is 6.62. The summed E-state index contributed by atoms with van der Waals surface area (Å²) < 4.78 is 12.0. The Labute approximate surface area is 146 Å². The molecule has 9 heteroatoms. The Hall–Kier alpha value is -2.13. The van der Waals surface area contributed by atoms with Crippen LogP contribution < -0.4 is 10.4 Å². The van der Waals surface area contributed by atoms with Crippen molar-refractivity contribution in [1.29, 1.82) is 0 Å². The maximum Gasteiger partial charge on any atom is 0.496 e. The molecule has 0 bridgehead atoms. The summed E-state index contributed by atoms with van der Waals surface area (Å²) in [6.07, 6.45) is 0.458. The average molecular weight is 347 g/mol. The highest BCUT2D eigenvalue weighted by atomic mass is 16.7. The van der Waals surface area contributed by atoms with Crippen molar-refractivity contribution in [2.45, 2.75) is 38.9 Å². The molecule has 2 aliphatic heterocycles. The Kier molecular flexibility index (Phi) is 4.24. The number of amides is 2. The zero-order chi connectivity index (χ0) is 18.4. The molecule has 0 atom stereocenters. The Morgan fingerprint density at radius 1 is 1.20 bits per heavy atom. The van der Waals surface area contributed by atoms with Gasteiger partial charge < -0.3 is 19.3 Å². The molecule has 25 heavy (non-hydrogen) atoms. The van der Waals surface area contributed by atoms with Gasteiger partial charge in [-0.15, -0.1) is 0 Å². The largest absolute Gasteiger partial charge is 0.496 e. The summed E-state index contributed by atoms with van der Waals surface area (Å²) in [5, 5.41) is 8.95. The van der Waals surface area contributed by atoms with Crippen molar-refractivity contribution in [1.82, 2.24) is 9.88 Å². The average Bonchev–Trinajstić information content (AvgIpc) is 2.75. The van der Waals surface area contributed by atoms with Gasteiger partial charge in [-0.3, -0.25) is 4.79 Å². The lowest BCUT2D eigenvalue weighted by atomic mass is 9.80. The first-order chi connectivity index (χ1) is 11.6. The van der Waals surface area contributed by atoms with E-state index in [2.05, 4.69) is 4.98 Å². The Bertz CT molecular complexity index is 676. The topological polar surface area (TPSA) is 92.2 Å². The molecule has 0 aromatic carbocycles. The van der Waals surface area contributed by atoms with Crippen molar-refractivity contribution in [3.05, 3.63) is 18.3 Å². The van der Waals surface area contributed by atoms with Gasteiger partial charge in [0.25, 0.3) is 5.91 Å². The monoisotopic (exact) mass is 347 g/mol. The lowest BCUT2D eigenvalue weighted by Gasteiger charge is -2.32. The minimum atomic E-state index is -1.21. The smallest absolute Gasteiger partial charge is 0.465 e. The zero-order valence-electron chi connectivity index (χ0n) is 14.9. The molecule has 0 radical (unpaired) electrons. The fourth-order valence-electron chi connectivity index (χ4n) is 2.77. The number of nitrogens with zero attached hydrogens (tertiary/aromatic N) is 3. The molecule has 0 aliphatic carbocycles. The first kappa shape index (κ1) is 17.7. The summed E-state index contributed by atoms with van der Waals surface area (Å²) in [6.45, 7) is 8.50. The van der Waals surface area contributed by atoms with E-state index in [4.69, 9.17) is 14.4 Å². The second kappa shape index (κ2) is 6.00. The SMILES string of the molecule is CC1(C)OB(c2ccc(N3CCN(C(=O)O)C(=O)C3)nc2)OC1(C)C. The summed E-state index contributed by atoms with van der Waals surface area (Å²) in [6, 6.07) is 3.66. The zero-order valence-corrected chi connectivity index (χ0v) is 14.9. The molecule has 2 aliphatic rings. The molecule has 0 spiro atoms. The van der Waals surface area contributed by atoms with Gasteiger partial charge in [-0.1, -0.05) is 6.07 Å². The van der Waals surface area contributed by atoms with Gasteiger partial charge in [0.2, 0.25) is 0 Å². The van der Waals surface area contributed by atoms with Crippen molar-refractivity contribution in [3.63, 3.8) is 0 Å². The maximum atomic E-state index is 11.9. The summed E-state index contributed by atoms with van der Waals surface area (Å²) >= 11 is 0. The van der Waals surface area contributed by atoms with Crippen LogP contribution in [0.1, 0.15) is 27.7 Å². The summed E-state index contributed by atoms with van der Waals surface area (Å²) in [5.74, 6) is 0.175. The van der Waals surface area contributed by atoms with Crippen molar-refractivity contribution in [2.75, 3.05) is 24.5 Å². The van der Waals surface area contributed by atoms with E-state index >= 15 is 0 Å². The van der Waals surface area contributed by atoms with Crippen molar-refractivity contribution in [2.24, 2.45) is 0 Å². The van der Waals surface area contributed by atoms with E-state index in [1.807, 2.05) is 33.8 Å². The molecule has 1 aromatic heterocycles. The number of carbonyl (C=O) groups is 2. The van der Waals surface area contributed by atoms with Gasteiger partial charge in [-0.2, -0.15) is 0 Å². The quantitative estimate of drug-likeness (QED) is 0.788. The van der Waals surface area contributed by atoms with Crippen molar-refractivity contribution < 1.29 is 24.0 Å². The molecule has 3 rings (SSSR count). The Morgan fingerprint density at radius 3 is 2.32 bits per heavy atom. The minimum Gasteiger partial charge on any atom is -0.465 e. The van der Waals surface area contributed by atoms with Crippen LogP contribution in [0.2, 0.25) is 0 Å². The number of carboxylic acid groups (broad SMARTS) is 1. The third-order valence-corrected chi connectivity index (χ3v) is 5.07. The number of imide groups is 1. The second-order valence-electron chi connectivity index (χ2n) is 7.29. The van der Waals surface area contributed by atoms with Crippen LogP contribution in [0, 0.1) is 0 Å². The molecule has 0 saturated carbocycles. The van der Waals surface area contributed by atoms with Gasteiger partial charge in [0.1, 0.15) is 5.82 Å². The lowest BCUT2D eigenvalue weighted by molar-refractivity contribution is -0.128. The third kappa shape index (κ3) is 3.21. The first-order valence-corrected chi connectivity index (χ1v) is 8.20. The molecule has 1 N–H and O–H groups in total. The highest BCUT2D eigenvalue weighted by Crippen LogP contribution is 2.36.